The lowest BCUT2D eigenvalue weighted by Gasteiger charge is -2.45. The predicted octanol–water partition coefficient (Wildman–Crippen LogP) is 0.0678. The summed E-state index contributed by atoms with van der Waals surface area (Å²) in [5, 5.41) is 3.44. The number of hydrogen-bond acceptors (Lipinski definition) is 3. The molecule has 14 heavy (non-hydrogen) atoms. The standard InChI is InChI=1S/C9H18N2O2S/c1-2-14(12,13)11-7-9-5-3-8(9)4-6-10-9/h8,10-11H,2-7H2,1H3. The quantitative estimate of drug-likeness (QED) is 0.702. The van der Waals surface area contributed by atoms with E-state index in [0.29, 0.717) is 12.5 Å². The Morgan fingerprint density at radius 3 is 2.79 bits per heavy atom. The van der Waals surface area contributed by atoms with Crippen molar-refractivity contribution in [3.05, 3.63) is 0 Å². The Bertz CT molecular complexity index is 315. The zero-order valence-corrected chi connectivity index (χ0v) is 9.36. The average Bonchev–Trinajstić information content (AvgIpc) is 2.41. The monoisotopic (exact) mass is 218 g/mol. The zero-order valence-electron chi connectivity index (χ0n) is 8.54. The van der Waals surface area contributed by atoms with Crippen molar-refractivity contribution in [2.45, 2.75) is 31.7 Å². The summed E-state index contributed by atoms with van der Waals surface area (Å²) in [5.41, 5.74) is 0.0994. The molecule has 1 saturated heterocycles. The third-order valence-corrected chi connectivity index (χ3v) is 5.02. The van der Waals surface area contributed by atoms with Gasteiger partial charge >= 0.3 is 0 Å². The summed E-state index contributed by atoms with van der Waals surface area (Å²) in [5.74, 6) is 0.871. The van der Waals surface area contributed by atoms with Crippen molar-refractivity contribution in [2.24, 2.45) is 5.92 Å². The second-order valence-electron chi connectivity index (χ2n) is 4.33. The van der Waals surface area contributed by atoms with Gasteiger partial charge in [0.15, 0.2) is 0 Å². The molecule has 0 spiro atoms. The fourth-order valence-electron chi connectivity index (χ4n) is 2.48. The van der Waals surface area contributed by atoms with Crippen molar-refractivity contribution in [1.29, 1.82) is 0 Å². The van der Waals surface area contributed by atoms with Crippen LogP contribution in [0.1, 0.15) is 26.2 Å². The van der Waals surface area contributed by atoms with E-state index in [2.05, 4.69) is 10.0 Å². The molecule has 2 atom stereocenters. The van der Waals surface area contributed by atoms with Gasteiger partial charge in [-0.15, -0.1) is 0 Å². The largest absolute Gasteiger partial charge is 0.310 e. The lowest BCUT2D eigenvalue weighted by atomic mass is 9.68. The first-order chi connectivity index (χ1) is 6.58. The fraction of sp³-hybridized carbons (Fsp3) is 1.00. The maximum atomic E-state index is 11.3. The Kier molecular flexibility index (Phi) is 2.57. The summed E-state index contributed by atoms with van der Waals surface area (Å²) in [6.07, 6.45) is 3.57. The average molecular weight is 218 g/mol. The molecule has 5 heteroatoms. The normalized spacial score (nSPS) is 36.5. The summed E-state index contributed by atoms with van der Waals surface area (Å²) in [6.45, 7) is 3.28. The fourth-order valence-corrected chi connectivity index (χ4v) is 3.16. The third-order valence-electron chi connectivity index (χ3n) is 3.68. The van der Waals surface area contributed by atoms with Crippen molar-refractivity contribution in [3.8, 4) is 0 Å². The highest BCUT2D eigenvalue weighted by Crippen LogP contribution is 2.43. The highest BCUT2D eigenvalue weighted by molar-refractivity contribution is 7.89. The Hall–Kier alpha value is -0.130. The van der Waals surface area contributed by atoms with Crippen LogP contribution >= 0.6 is 0 Å². The van der Waals surface area contributed by atoms with Gasteiger partial charge in [-0.3, -0.25) is 0 Å². The van der Waals surface area contributed by atoms with Crippen molar-refractivity contribution in [2.75, 3.05) is 18.8 Å². The molecule has 1 heterocycles. The molecule has 82 valence electrons. The van der Waals surface area contributed by atoms with Crippen LogP contribution in [-0.4, -0.2) is 32.8 Å². The van der Waals surface area contributed by atoms with Gasteiger partial charge in [0, 0.05) is 12.1 Å². The molecule has 2 unspecified atom stereocenters. The molecular weight excluding hydrogens is 200 g/mol. The van der Waals surface area contributed by atoms with E-state index in [1.807, 2.05) is 0 Å². The van der Waals surface area contributed by atoms with E-state index in [1.165, 1.54) is 12.8 Å². The van der Waals surface area contributed by atoms with Gasteiger partial charge in [0.25, 0.3) is 0 Å². The van der Waals surface area contributed by atoms with Crippen LogP contribution in [0.4, 0.5) is 0 Å². The van der Waals surface area contributed by atoms with Gasteiger partial charge in [-0.25, -0.2) is 13.1 Å². The molecule has 0 aromatic carbocycles. The first-order valence-electron chi connectivity index (χ1n) is 5.30. The van der Waals surface area contributed by atoms with Gasteiger partial charge in [0.1, 0.15) is 0 Å². The number of sulfonamides is 1. The Balaban J connectivity index is 1.92. The van der Waals surface area contributed by atoms with Gasteiger partial charge in [-0.05, 0) is 38.6 Å². The molecule has 0 amide bonds. The Labute approximate surface area is 85.5 Å². The van der Waals surface area contributed by atoms with Crippen LogP contribution in [0, 0.1) is 5.92 Å². The smallest absolute Gasteiger partial charge is 0.211 e. The van der Waals surface area contributed by atoms with Crippen LogP contribution in [0.2, 0.25) is 0 Å². The Morgan fingerprint density at radius 1 is 1.50 bits per heavy atom. The molecule has 2 rings (SSSR count). The van der Waals surface area contributed by atoms with E-state index in [9.17, 15) is 8.42 Å². The predicted molar refractivity (Wildman–Crippen MR) is 55.5 cm³/mol. The highest BCUT2D eigenvalue weighted by Gasteiger charge is 2.49. The summed E-state index contributed by atoms with van der Waals surface area (Å²) >= 11 is 0. The second kappa shape index (κ2) is 3.47. The molecule has 0 aromatic heterocycles. The van der Waals surface area contributed by atoms with E-state index in [-0.39, 0.29) is 11.3 Å². The maximum Gasteiger partial charge on any atom is 0.211 e. The van der Waals surface area contributed by atoms with Gasteiger partial charge in [-0.1, -0.05) is 0 Å². The van der Waals surface area contributed by atoms with Crippen molar-refractivity contribution in [1.82, 2.24) is 10.0 Å². The van der Waals surface area contributed by atoms with Gasteiger partial charge < -0.3 is 5.32 Å². The van der Waals surface area contributed by atoms with E-state index in [1.54, 1.807) is 6.92 Å². The lowest BCUT2D eigenvalue weighted by Crippen LogP contribution is -2.59. The first kappa shape index (κ1) is 10.4. The number of hydrogen-bond donors (Lipinski definition) is 2. The molecule has 1 aliphatic carbocycles. The molecular formula is C9H18N2O2S. The lowest BCUT2D eigenvalue weighted by molar-refractivity contribution is 0.140. The van der Waals surface area contributed by atoms with E-state index in [0.717, 1.165) is 13.0 Å². The van der Waals surface area contributed by atoms with Gasteiger partial charge in [0.05, 0.1) is 5.75 Å². The summed E-state index contributed by atoms with van der Waals surface area (Å²) in [4.78, 5) is 0. The first-order valence-corrected chi connectivity index (χ1v) is 6.95. The summed E-state index contributed by atoms with van der Waals surface area (Å²) in [6, 6.07) is 0. The van der Waals surface area contributed by atoms with Crippen LogP contribution in [0.15, 0.2) is 0 Å². The second-order valence-corrected chi connectivity index (χ2v) is 6.43. The SMILES string of the molecule is CCS(=O)(=O)NCC12CCC1CCN2. The molecule has 2 fully saturated rings. The Morgan fingerprint density at radius 2 is 2.29 bits per heavy atom. The van der Waals surface area contributed by atoms with Crippen LogP contribution in [-0.2, 0) is 10.0 Å². The van der Waals surface area contributed by atoms with E-state index >= 15 is 0 Å². The molecule has 2 N–H and O–H groups in total. The van der Waals surface area contributed by atoms with E-state index < -0.39 is 10.0 Å². The molecule has 2 aliphatic rings. The minimum atomic E-state index is -3.02. The van der Waals surface area contributed by atoms with Gasteiger partial charge in [-0.2, -0.15) is 0 Å². The van der Waals surface area contributed by atoms with Crippen LogP contribution in [0.25, 0.3) is 0 Å². The van der Waals surface area contributed by atoms with Gasteiger partial charge in [0.2, 0.25) is 10.0 Å². The molecule has 4 nitrogen and oxygen atoms in total. The van der Waals surface area contributed by atoms with Crippen molar-refractivity contribution < 1.29 is 8.42 Å². The van der Waals surface area contributed by atoms with Crippen LogP contribution in [0.3, 0.4) is 0 Å². The van der Waals surface area contributed by atoms with Crippen LogP contribution in [0.5, 0.6) is 0 Å². The summed E-state index contributed by atoms with van der Waals surface area (Å²) in [7, 11) is -3.02. The minimum Gasteiger partial charge on any atom is -0.310 e. The van der Waals surface area contributed by atoms with Crippen LogP contribution < -0.4 is 10.0 Å². The third kappa shape index (κ3) is 1.68. The number of fused-ring (bicyclic) bond motifs is 1. The number of rotatable bonds is 4. The topological polar surface area (TPSA) is 58.2 Å². The number of nitrogens with one attached hydrogen (secondary N) is 2. The minimum absolute atomic E-state index is 0.0994. The van der Waals surface area contributed by atoms with Crippen molar-refractivity contribution in [3.63, 3.8) is 0 Å². The van der Waals surface area contributed by atoms with Crippen molar-refractivity contribution >= 4 is 10.0 Å². The summed E-state index contributed by atoms with van der Waals surface area (Å²) < 4.78 is 25.3. The molecule has 0 bridgehead atoms. The zero-order chi connectivity index (χ0) is 10.2. The molecule has 1 aliphatic heterocycles. The highest BCUT2D eigenvalue weighted by atomic mass is 32.2. The maximum absolute atomic E-state index is 11.3. The van der Waals surface area contributed by atoms with E-state index in [4.69, 9.17) is 0 Å². The molecule has 0 radical (unpaired) electrons. The molecule has 0 aromatic rings. The molecule has 1 saturated carbocycles.